The number of unbranched alkanes of at least 4 members (excludes halogenated alkanes) is 6. The molecule has 2 unspecified atom stereocenters. The molecule has 0 aliphatic heterocycles. The molecule has 9 nitrogen and oxygen atoms in total. The molecule has 1 rings (SSSR count). The lowest BCUT2D eigenvalue weighted by atomic mass is 10.1. The standard InChI is InChI=1S/C14H28N2O7P2/c1-2-3-4-5-6-7-8-9-15-10-11-16(13-15)12-14(17,24(18,19)20)25(21,22)23/h10-11,13,17H,2-9,12H2,1H3,(H3-,18,19,20,21,22,23). The van der Waals surface area contributed by atoms with Crippen molar-refractivity contribution in [3.63, 3.8) is 0 Å². The molecular formula is C14H28N2O7P2. The fraction of sp³-hybridized carbons (Fsp3) is 0.786. The molecule has 4 N–H and O–H groups in total. The van der Waals surface area contributed by atoms with Crippen LogP contribution in [0, 0.1) is 0 Å². The van der Waals surface area contributed by atoms with Gasteiger partial charge in [0, 0.05) is 0 Å². The lowest BCUT2D eigenvalue weighted by molar-refractivity contribution is -0.703. The van der Waals surface area contributed by atoms with Gasteiger partial charge in [-0.15, -0.1) is 0 Å². The van der Waals surface area contributed by atoms with Crippen molar-refractivity contribution in [2.45, 2.75) is 70.0 Å². The molecule has 1 aromatic heterocycles. The van der Waals surface area contributed by atoms with Crippen molar-refractivity contribution >= 4 is 15.2 Å². The maximum atomic E-state index is 11.3. The normalized spacial score (nSPS) is 17.2. The molecule has 0 amide bonds. The highest BCUT2D eigenvalue weighted by atomic mass is 31.2. The smallest absolute Gasteiger partial charge is 0.369 e. The maximum Gasteiger partial charge on any atom is 0.369 e. The van der Waals surface area contributed by atoms with Gasteiger partial charge in [0.05, 0.1) is 6.54 Å². The van der Waals surface area contributed by atoms with Gasteiger partial charge in [0.1, 0.15) is 18.9 Å². The summed E-state index contributed by atoms with van der Waals surface area (Å²) in [6, 6.07) is 0. The van der Waals surface area contributed by atoms with Crippen LogP contribution in [-0.2, 0) is 22.2 Å². The summed E-state index contributed by atoms with van der Waals surface area (Å²) in [5.41, 5.74) is 0. The zero-order valence-corrected chi connectivity index (χ0v) is 16.2. The Morgan fingerprint density at radius 1 is 1.08 bits per heavy atom. The van der Waals surface area contributed by atoms with Crippen LogP contribution in [0.3, 0.4) is 0 Å². The topological polar surface area (TPSA) is 147 Å². The van der Waals surface area contributed by atoms with Gasteiger partial charge in [0.2, 0.25) is 6.33 Å². The molecule has 0 fully saturated rings. The predicted octanol–water partition coefficient (Wildman–Crippen LogP) is 0.896. The molecule has 0 aliphatic carbocycles. The van der Waals surface area contributed by atoms with Gasteiger partial charge in [-0.3, -0.25) is 4.57 Å². The zero-order valence-electron chi connectivity index (χ0n) is 14.4. The van der Waals surface area contributed by atoms with Crippen molar-refractivity contribution < 1.29 is 38.4 Å². The fourth-order valence-corrected chi connectivity index (χ4v) is 4.51. The van der Waals surface area contributed by atoms with Gasteiger partial charge in [0.15, 0.2) is 7.60 Å². The van der Waals surface area contributed by atoms with Crippen LogP contribution in [-0.4, -0.2) is 29.4 Å². The Labute approximate surface area is 147 Å². The molecule has 0 saturated carbocycles. The van der Waals surface area contributed by atoms with E-state index in [2.05, 4.69) is 6.92 Å². The fourth-order valence-electron chi connectivity index (χ4n) is 2.51. The number of hydrogen-bond acceptors (Lipinski definition) is 4. The molecule has 0 spiro atoms. The molecule has 2 atom stereocenters. The Morgan fingerprint density at radius 2 is 1.64 bits per heavy atom. The highest BCUT2D eigenvalue weighted by Crippen LogP contribution is 2.65. The Morgan fingerprint density at radius 3 is 2.16 bits per heavy atom. The number of rotatable bonds is 12. The Balaban J connectivity index is 2.57. The van der Waals surface area contributed by atoms with E-state index in [1.807, 2.05) is 0 Å². The monoisotopic (exact) mass is 398 g/mol. The van der Waals surface area contributed by atoms with Crippen LogP contribution in [0.2, 0.25) is 0 Å². The SMILES string of the molecule is CCCCCCCCCn1cc[n+](CC(O)(P(=O)([O-])O)P(=O)(O)O)c1. The minimum Gasteiger partial charge on any atom is -0.776 e. The summed E-state index contributed by atoms with van der Waals surface area (Å²) in [6.07, 6.45) is 12.4. The third-order valence-corrected chi connectivity index (χ3v) is 7.74. The molecule has 0 saturated heterocycles. The van der Waals surface area contributed by atoms with Crippen molar-refractivity contribution in [1.82, 2.24) is 4.57 Å². The van der Waals surface area contributed by atoms with Gasteiger partial charge in [-0.2, -0.15) is 0 Å². The highest BCUT2D eigenvalue weighted by molar-refractivity contribution is 7.71. The first-order chi connectivity index (χ1) is 11.5. The minimum absolute atomic E-state index is 0.670. The average molecular weight is 398 g/mol. The maximum absolute atomic E-state index is 11.3. The molecule has 0 bridgehead atoms. The Kier molecular flexibility index (Phi) is 8.48. The van der Waals surface area contributed by atoms with Crippen LogP contribution < -0.4 is 9.46 Å². The van der Waals surface area contributed by atoms with Crippen molar-refractivity contribution in [1.29, 1.82) is 0 Å². The highest BCUT2D eigenvalue weighted by Gasteiger charge is 2.55. The van der Waals surface area contributed by atoms with Gasteiger partial charge in [-0.1, -0.05) is 39.0 Å². The minimum atomic E-state index is -5.69. The lowest BCUT2D eigenvalue weighted by Crippen LogP contribution is -2.48. The molecule has 0 aliphatic rings. The second kappa shape index (κ2) is 9.42. The van der Waals surface area contributed by atoms with Crippen molar-refractivity contribution in [3.8, 4) is 0 Å². The van der Waals surface area contributed by atoms with E-state index in [4.69, 9.17) is 14.7 Å². The third-order valence-electron chi connectivity index (χ3n) is 4.08. The molecule has 1 aromatic rings. The number of aliphatic hydroxyl groups is 1. The van der Waals surface area contributed by atoms with Crippen LogP contribution >= 0.6 is 15.2 Å². The first kappa shape index (κ1) is 22.5. The summed E-state index contributed by atoms with van der Waals surface area (Å²) < 4.78 is 25.4. The molecule has 11 heteroatoms. The van der Waals surface area contributed by atoms with Crippen molar-refractivity contribution in [3.05, 3.63) is 18.7 Å². The number of aryl methyl sites for hydroxylation is 1. The van der Waals surface area contributed by atoms with Crippen LogP contribution in [0.5, 0.6) is 0 Å². The largest absolute Gasteiger partial charge is 0.776 e. The van der Waals surface area contributed by atoms with Gasteiger partial charge in [-0.25, -0.2) is 9.13 Å². The van der Waals surface area contributed by atoms with E-state index >= 15 is 0 Å². The van der Waals surface area contributed by atoms with Crippen LogP contribution in [0.4, 0.5) is 0 Å². The molecule has 0 radical (unpaired) electrons. The Bertz CT molecular complexity index is 600. The second-order valence-corrected chi connectivity index (χ2v) is 10.2. The quantitative estimate of drug-likeness (QED) is 0.232. The van der Waals surface area contributed by atoms with E-state index in [1.54, 1.807) is 10.8 Å². The molecule has 146 valence electrons. The van der Waals surface area contributed by atoms with Gasteiger partial charge < -0.3 is 29.2 Å². The van der Waals surface area contributed by atoms with E-state index < -0.39 is 26.8 Å². The lowest BCUT2D eigenvalue weighted by Gasteiger charge is -2.34. The Hall–Kier alpha value is -0.530. The van der Waals surface area contributed by atoms with E-state index in [0.717, 1.165) is 23.8 Å². The van der Waals surface area contributed by atoms with Gasteiger partial charge in [0.25, 0.3) is 5.08 Å². The summed E-state index contributed by atoms with van der Waals surface area (Å²) in [5.74, 6) is 0. The first-order valence-corrected chi connectivity index (χ1v) is 11.6. The van der Waals surface area contributed by atoms with Crippen molar-refractivity contribution in [2.75, 3.05) is 0 Å². The second-order valence-electron chi connectivity index (χ2n) is 6.28. The zero-order chi connectivity index (χ0) is 19.1. The molecule has 0 aromatic carbocycles. The summed E-state index contributed by atoms with van der Waals surface area (Å²) in [6.45, 7) is 1.87. The van der Waals surface area contributed by atoms with Crippen LogP contribution in [0.15, 0.2) is 18.7 Å². The number of aromatic nitrogens is 2. The average Bonchev–Trinajstić information content (AvgIpc) is 2.91. The van der Waals surface area contributed by atoms with E-state index in [9.17, 15) is 19.1 Å². The van der Waals surface area contributed by atoms with Gasteiger partial charge >= 0.3 is 7.60 Å². The number of imidazole rings is 1. The van der Waals surface area contributed by atoms with E-state index in [0.29, 0.717) is 6.54 Å². The summed E-state index contributed by atoms with van der Waals surface area (Å²) in [7, 11) is -11.2. The number of hydrogen-bond donors (Lipinski definition) is 4. The summed E-state index contributed by atoms with van der Waals surface area (Å²) >= 11 is 0. The molecule has 1 heterocycles. The van der Waals surface area contributed by atoms with E-state index in [1.165, 1.54) is 38.2 Å². The van der Waals surface area contributed by atoms with E-state index in [-0.39, 0.29) is 0 Å². The summed E-state index contributed by atoms with van der Waals surface area (Å²) in [4.78, 5) is 38.5. The molecular weight excluding hydrogens is 370 g/mol. The predicted molar refractivity (Wildman–Crippen MR) is 89.4 cm³/mol. The molecule has 25 heavy (non-hydrogen) atoms. The first-order valence-electron chi connectivity index (χ1n) is 8.38. The van der Waals surface area contributed by atoms with Crippen LogP contribution in [0.25, 0.3) is 0 Å². The third kappa shape index (κ3) is 6.61. The number of nitrogens with zero attached hydrogens (tertiary/aromatic N) is 2. The van der Waals surface area contributed by atoms with Crippen molar-refractivity contribution in [2.24, 2.45) is 0 Å². The van der Waals surface area contributed by atoms with Gasteiger partial charge in [-0.05, 0) is 12.8 Å². The van der Waals surface area contributed by atoms with Crippen LogP contribution in [0.1, 0.15) is 51.9 Å². The summed E-state index contributed by atoms with van der Waals surface area (Å²) in [5, 5.41) is 6.30.